The summed E-state index contributed by atoms with van der Waals surface area (Å²) < 4.78 is 3.28. The summed E-state index contributed by atoms with van der Waals surface area (Å²) in [6, 6.07) is 7.22. The zero-order valence-corrected chi connectivity index (χ0v) is 7.45. The van der Waals surface area contributed by atoms with E-state index in [2.05, 4.69) is 0 Å². The van der Waals surface area contributed by atoms with Gasteiger partial charge in [-0.3, -0.25) is 0 Å². The molecule has 1 N–H and O–H groups in total. The van der Waals surface area contributed by atoms with Crippen LogP contribution in [0.15, 0.2) is 49.1 Å². The third-order valence-corrected chi connectivity index (χ3v) is 2.04. The van der Waals surface area contributed by atoms with Crippen molar-refractivity contribution in [2.45, 2.75) is 6.17 Å². The second-order valence-corrected chi connectivity index (χ2v) is 2.97. The lowest BCUT2D eigenvalue weighted by molar-refractivity contribution is -0.141. The van der Waals surface area contributed by atoms with Crippen LogP contribution in [0, 0.1) is 0 Å². The Balaban J connectivity index is 2.40. The first kappa shape index (κ1) is 8.62. The van der Waals surface area contributed by atoms with Gasteiger partial charge in [0.25, 0.3) is 0 Å². The van der Waals surface area contributed by atoms with Gasteiger partial charge in [-0.25, -0.2) is 4.79 Å². The van der Waals surface area contributed by atoms with Crippen LogP contribution in [0.4, 0.5) is 0 Å². The molecule has 0 aliphatic carbocycles. The van der Waals surface area contributed by atoms with E-state index in [1.165, 1.54) is 0 Å². The number of aromatic nitrogens is 2. The molecule has 0 saturated heterocycles. The van der Waals surface area contributed by atoms with Gasteiger partial charge in [-0.1, -0.05) is 0 Å². The first-order valence-electron chi connectivity index (χ1n) is 4.27. The van der Waals surface area contributed by atoms with E-state index in [1.807, 2.05) is 0 Å². The number of carboxylic acids is 1. The largest absolute Gasteiger partial charge is 0.478 e. The number of carboxylic acid groups (broad SMARTS) is 1. The number of hydrogen-bond acceptors (Lipinski definition) is 1. The number of aliphatic carboxylic acids is 1. The molecule has 0 radical (unpaired) electrons. The third kappa shape index (κ3) is 1.42. The molecule has 0 fully saturated rings. The van der Waals surface area contributed by atoms with E-state index in [-0.39, 0.29) is 0 Å². The molecule has 2 rings (SSSR count). The minimum atomic E-state index is -0.877. The summed E-state index contributed by atoms with van der Waals surface area (Å²) in [6.07, 6.45) is 6.25. The third-order valence-electron chi connectivity index (χ3n) is 2.04. The van der Waals surface area contributed by atoms with Gasteiger partial charge in [0.1, 0.15) is 0 Å². The van der Waals surface area contributed by atoms with Gasteiger partial charge in [0, 0.05) is 24.8 Å². The molecule has 2 aromatic heterocycles. The molecule has 4 nitrogen and oxygen atoms in total. The van der Waals surface area contributed by atoms with E-state index in [1.54, 1.807) is 58.2 Å². The molecule has 0 amide bonds. The van der Waals surface area contributed by atoms with Crippen LogP contribution in [-0.4, -0.2) is 20.2 Å². The molecule has 0 unspecified atom stereocenters. The summed E-state index contributed by atoms with van der Waals surface area (Å²) in [6.45, 7) is 0. The van der Waals surface area contributed by atoms with Crippen LogP contribution in [0.3, 0.4) is 0 Å². The van der Waals surface area contributed by atoms with Crippen LogP contribution >= 0.6 is 0 Å². The van der Waals surface area contributed by atoms with Gasteiger partial charge in [-0.05, 0) is 24.3 Å². The Kier molecular flexibility index (Phi) is 2.10. The molecule has 2 aromatic rings. The van der Waals surface area contributed by atoms with E-state index in [4.69, 9.17) is 5.11 Å². The molecule has 0 aliphatic rings. The van der Waals surface area contributed by atoms with Gasteiger partial charge < -0.3 is 14.2 Å². The second-order valence-electron chi connectivity index (χ2n) is 2.97. The maximum absolute atomic E-state index is 11.1. The fraction of sp³-hybridized carbons (Fsp3) is 0.100. The molecule has 0 spiro atoms. The highest BCUT2D eigenvalue weighted by Gasteiger charge is 2.18. The monoisotopic (exact) mass is 190 g/mol. The summed E-state index contributed by atoms with van der Waals surface area (Å²) in [5.74, 6) is -0.877. The molecule has 0 aliphatic heterocycles. The van der Waals surface area contributed by atoms with E-state index in [9.17, 15) is 4.79 Å². The minimum Gasteiger partial charge on any atom is -0.478 e. The number of nitrogens with zero attached hydrogens (tertiary/aromatic N) is 2. The van der Waals surface area contributed by atoms with Crippen molar-refractivity contribution in [2.75, 3.05) is 0 Å². The van der Waals surface area contributed by atoms with Crippen molar-refractivity contribution in [2.24, 2.45) is 0 Å². The Morgan fingerprint density at radius 3 is 1.57 bits per heavy atom. The molecule has 0 bridgehead atoms. The summed E-state index contributed by atoms with van der Waals surface area (Å²) in [7, 11) is 0. The fourth-order valence-electron chi connectivity index (χ4n) is 1.43. The topological polar surface area (TPSA) is 47.2 Å². The highest BCUT2D eigenvalue weighted by molar-refractivity contribution is 5.71. The van der Waals surface area contributed by atoms with Crippen LogP contribution < -0.4 is 0 Å². The van der Waals surface area contributed by atoms with Crippen molar-refractivity contribution >= 4 is 5.97 Å². The number of carbonyl (C=O) groups is 1. The molecular weight excluding hydrogens is 180 g/mol. The van der Waals surface area contributed by atoms with Crippen molar-refractivity contribution in [1.29, 1.82) is 0 Å². The lowest BCUT2D eigenvalue weighted by Crippen LogP contribution is -2.24. The zero-order valence-electron chi connectivity index (χ0n) is 7.45. The highest BCUT2D eigenvalue weighted by Crippen LogP contribution is 2.10. The lowest BCUT2D eigenvalue weighted by Gasteiger charge is -2.15. The maximum atomic E-state index is 11.1. The van der Waals surface area contributed by atoms with Crippen LogP contribution in [0.5, 0.6) is 0 Å². The Morgan fingerprint density at radius 1 is 0.929 bits per heavy atom. The van der Waals surface area contributed by atoms with Gasteiger partial charge in [0.05, 0.1) is 0 Å². The summed E-state index contributed by atoms with van der Waals surface area (Å²) in [5, 5.41) is 9.08. The molecule has 14 heavy (non-hydrogen) atoms. The molecule has 4 heteroatoms. The average Bonchev–Trinajstić information content (AvgIpc) is 2.75. The predicted molar refractivity (Wildman–Crippen MR) is 50.9 cm³/mol. The molecule has 2 heterocycles. The molecule has 72 valence electrons. The van der Waals surface area contributed by atoms with Gasteiger partial charge >= 0.3 is 5.97 Å². The van der Waals surface area contributed by atoms with Crippen molar-refractivity contribution in [3.63, 3.8) is 0 Å². The lowest BCUT2D eigenvalue weighted by atomic mass is 10.4. The first-order chi connectivity index (χ1) is 6.79. The van der Waals surface area contributed by atoms with E-state index < -0.39 is 12.1 Å². The van der Waals surface area contributed by atoms with Crippen molar-refractivity contribution < 1.29 is 9.90 Å². The summed E-state index contributed by atoms with van der Waals surface area (Å²) >= 11 is 0. The molecule has 0 saturated carbocycles. The summed E-state index contributed by atoms with van der Waals surface area (Å²) in [4.78, 5) is 11.1. The molecule has 0 aromatic carbocycles. The number of hydrogen-bond donors (Lipinski definition) is 1. The SMILES string of the molecule is O=C(O)C(n1cccc1)n1cccc1. The maximum Gasteiger partial charge on any atom is 0.348 e. The Labute approximate surface area is 81.0 Å². The number of rotatable bonds is 3. The Hall–Kier alpha value is -1.97. The van der Waals surface area contributed by atoms with Crippen molar-refractivity contribution in [1.82, 2.24) is 9.13 Å². The van der Waals surface area contributed by atoms with Crippen molar-refractivity contribution in [3.05, 3.63) is 49.1 Å². The van der Waals surface area contributed by atoms with Gasteiger partial charge in [-0.2, -0.15) is 0 Å². The normalized spacial score (nSPS) is 10.6. The fourth-order valence-corrected chi connectivity index (χ4v) is 1.43. The second kappa shape index (κ2) is 3.41. The standard InChI is InChI=1S/C10H10N2O2/c13-10(14)9(11-5-1-2-6-11)12-7-3-4-8-12/h1-9H,(H,13,14). The van der Waals surface area contributed by atoms with Crippen molar-refractivity contribution in [3.8, 4) is 0 Å². The van der Waals surface area contributed by atoms with E-state index in [0.29, 0.717) is 0 Å². The Bertz CT molecular complexity index is 369. The highest BCUT2D eigenvalue weighted by atomic mass is 16.4. The van der Waals surface area contributed by atoms with E-state index >= 15 is 0 Å². The summed E-state index contributed by atoms with van der Waals surface area (Å²) in [5.41, 5.74) is 0. The van der Waals surface area contributed by atoms with Crippen LogP contribution in [-0.2, 0) is 4.79 Å². The average molecular weight is 190 g/mol. The van der Waals surface area contributed by atoms with Gasteiger partial charge in [0.2, 0.25) is 6.17 Å². The van der Waals surface area contributed by atoms with Crippen LogP contribution in [0.1, 0.15) is 6.17 Å². The smallest absolute Gasteiger partial charge is 0.348 e. The Morgan fingerprint density at radius 2 is 1.29 bits per heavy atom. The van der Waals surface area contributed by atoms with Crippen LogP contribution in [0.25, 0.3) is 0 Å². The molecule has 0 atom stereocenters. The zero-order chi connectivity index (χ0) is 9.97. The minimum absolute atomic E-state index is 0.694. The van der Waals surface area contributed by atoms with Gasteiger partial charge in [0.15, 0.2) is 0 Å². The predicted octanol–water partition coefficient (Wildman–Crippen LogP) is 1.42. The first-order valence-corrected chi connectivity index (χ1v) is 4.27. The molecular formula is C10H10N2O2. The van der Waals surface area contributed by atoms with Crippen LogP contribution in [0.2, 0.25) is 0 Å². The van der Waals surface area contributed by atoms with E-state index in [0.717, 1.165) is 0 Å². The quantitative estimate of drug-likeness (QED) is 0.795. The van der Waals surface area contributed by atoms with Gasteiger partial charge in [-0.15, -0.1) is 0 Å².